The Morgan fingerprint density at radius 3 is 2.69 bits per heavy atom. The van der Waals surface area contributed by atoms with Gasteiger partial charge in [0.2, 0.25) is 0 Å². The second kappa shape index (κ2) is 8.60. The van der Waals surface area contributed by atoms with Gasteiger partial charge in [0, 0.05) is 18.1 Å². The quantitative estimate of drug-likeness (QED) is 0.803. The Morgan fingerprint density at radius 2 is 2.04 bits per heavy atom. The maximum atomic E-state index is 12.0. The average molecular weight is 394 g/mol. The number of carbonyl (C=O) groups is 1. The molecule has 138 valence electrons. The number of nitrogens with one attached hydrogen (secondary N) is 1. The van der Waals surface area contributed by atoms with Crippen LogP contribution < -0.4 is 15.0 Å². The molecular weight excluding hydrogens is 373 g/mol. The summed E-state index contributed by atoms with van der Waals surface area (Å²) in [7, 11) is 0. The number of carbonyl (C=O) groups excluding carboxylic acids is 1. The van der Waals surface area contributed by atoms with Crippen molar-refractivity contribution < 1.29 is 9.53 Å². The fourth-order valence-corrected chi connectivity index (χ4v) is 3.28. The van der Waals surface area contributed by atoms with Crippen LogP contribution in [0.25, 0.3) is 0 Å². The lowest BCUT2D eigenvalue weighted by Gasteiger charge is -2.31. The van der Waals surface area contributed by atoms with Crippen molar-refractivity contribution in [3.05, 3.63) is 46.6 Å². The lowest BCUT2D eigenvalue weighted by Crippen LogP contribution is -2.33. The van der Waals surface area contributed by atoms with E-state index in [-0.39, 0.29) is 12.5 Å². The minimum atomic E-state index is -0.280. The van der Waals surface area contributed by atoms with Gasteiger partial charge in [-0.1, -0.05) is 30.1 Å². The fraction of sp³-hybridized carbons (Fsp3) is 0.368. The number of hydrogen-bond acceptors (Lipinski definition) is 4. The normalized spacial score (nSPS) is 15.0. The summed E-state index contributed by atoms with van der Waals surface area (Å²) < 4.78 is 5.42. The van der Waals surface area contributed by atoms with Gasteiger partial charge < -0.3 is 15.0 Å². The van der Waals surface area contributed by atoms with Gasteiger partial charge in [-0.05, 0) is 49.1 Å². The van der Waals surface area contributed by atoms with Crippen molar-refractivity contribution in [1.82, 2.24) is 4.98 Å². The number of pyridine rings is 1. The van der Waals surface area contributed by atoms with E-state index in [0.717, 1.165) is 24.8 Å². The Balaban J connectivity index is 1.51. The van der Waals surface area contributed by atoms with Crippen molar-refractivity contribution in [2.45, 2.75) is 19.8 Å². The van der Waals surface area contributed by atoms with Crippen LogP contribution in [0.3, 0.4) is 0 Å². The molecule has 0 spiro atoms. The van der Waals surface area contributed by atoms with Crippen molar-refractivity contribution >= 4 is 40.6 Å². The number of anilines is 2. The lowest BCUT2D eigenvalue weighted by atomic mass is 9.99. The average Bonchev–Trinajstić information content (AvgIpc) is 2.62. The Hall–Kier alpha value is -1.98. The zero-order valence-electron chi connectivity index (χ0n) is 14.5. The molecule has 7 heteroatoms. The van der Waals surface area contributed by atoms with Crippen LogP contribution in [0.5, 0.6) is 5.75 Å². The van der Waals surface area contributed by atoms with E-state index in [1.807, 2.05) is 12.1 Å². The molecule has 5 nitrogen and oxygen atoms in total. The summed E-state index contributed by atoms with van der Waals surface area (Å²) in [6.45, 7) is 4.18. The summed E-state index contributed by atoms with van der Waals surface area (Å²) in [4.78, 5) is 18.8. The number of aromatic nitrogens is 1. The summed E-state index contributed by atoms with van der Waals surface area (Å²) in [6, 6.07) is 8.65. The van der Waals surface area contributed by atoms with E-state index in [0.29, 0.717) is 21.5 Å². The molecule has 1 aromatic heterocycles. The number of halogens is 2. The largest absolute Gasteiger partial charge is 0.482 e. The molecule has 0 aliphatic carbocycles. The number of benzene rings is 1. The van der Waals surface area contributed by atoms with E-state index in [1.165, 1.54) is 12.8 Å². The van der Waals surface area contributed by atoms with E-state index in [4.69, 9.17) is 27.9 Å². The van der Waals surface area contributed by atoms with Gasteiger partial charge in [0.05, 0.1) is 16.9 Å². The predicted molar refractivity (Wildman–Crippen MR) is 105 cm³/mol. The second-order valence-corrected chi connectivity index (χ2v) is 7.33. The highest BCUT2D eigenvalue weighted by atomic mass is 35.5. The molecule has 26 heavy (non-hydrogen) atoms. The molecule has 2 heterocycles. The van der Waals surface area contributed by atoms with E-state index in [1.54, 1.807) is 24.4 Å². The molecule has 1 aliphatic rings. The highest BCUT2D eigenvalue weighted by Gasteiger charge is 2.16. The molecule has 1 N–H and O–H groups in total. The molecular formula is C19H21Cl2N3O2. The molecule has 0 bridgehead atoms. The maximum Gasteiger partial charge on any atom is 0.262 e. The van der Waals surface area contributed by atoms with Gasteiger partial charge in [-0.2, -0.15) is 0 Å². The van der Waals surface area contributed by atoms with Crippen molar-refractivity contribution in [2.75, 3.05) is 29.9 Å². The molecule has 2 aromatic rings. The first-order chi connectivity index (χ1) is 12.5. The second-order valence-electron chi connectivity index (χ2n) is 6.49. The van der Waals surface area contributed by atoms with Gasteiger partial charge in [-0.25, -0.2) is 4.98 Å². The number of nitrogens with zero attached hydrogens (tertiary/aromatic N) is 2. The number of rotatable bonds is 5. The number of hydrogen-bond donors (Lipinski definition) is 1. The number of piperidine rings is 1. The Morgan fingerprint density at radius 1 is 1.27 bits per heavy atom. The van der Waals surface area contributed by atoms with Crippen molar-refractivity contribution in [3.63, 3.8) is 0 Å². The van der Waals surface area contributed by atoms with E-state index in [2.05, 4.69) is 22.1 Å². The summed E-state index contributed by atoms with van der Waals surface area (Å²) in [5, 5.41) is 3.65. The molecule has 1 aliphatic heterocycles. The monoisotopic (exact) mass is 393 g/mol. The summed E-state index contributed by atoms with van der Waals surface area (Å²) in [5.74, 6) is 1.86. The first-order valence-electron chi connectivity index (χ1n) is 8.60. The maximum absolute atomic E-state index is 12.0. The van der Waals surface area contributed by atoms with E-state index < -0.39 is 0 Å². The Kier molecular flexibility index (Phi) is 6.22. The molecule has 3 rings (SSSR count). The van der Waals surface area contributed by atoms with Crippen molar-refractivity contribution in [2.24, 2.45) is 5.92 Å². The van der Waals surface area contributed by atoms with E-state index >= 15 is 0 Å². The van der Waals surface area contributed by atoms with Gasteiger partial charge in [-0.3, -0.25) is 4.79 Å². The summed E-state index contributed by atoms with van der Waals surface area (Å²) in [5.41, 5.74) is 0.634. The van der Waals surface area contributed by atoms with Crippen LogP contribution in [0.4, 0.5) is 11.5 Å². The molecule has 1 amide bonds. The number of ether oxygens (including phenoxy) is 1. The fourth-order valence-electron chi connectivity index (χ4n) is 2.82. The van der Waals surface area contributed by atoms with Gasteiger partial charge in [0.1, 0.15) is 11.6 Å². The first kappa shape index (κ1) is 18.8. The van der Waals surface area contributed by atoms with Gasteiger partial charge in [0.25, 0.3) is 5.91 Å². The molecule has 0 saturated carbocycles. The van der Waals surface area contributed by atoms with E-state index in [9.17, 15) is 4.79 Å². The summed E-state index contributed by atoms with van der Waals surface area (Å²) >= 11 is 11.9. The zero-order chi connectivity index (χ0) is 18.5. The van der Waals surface area contributed by atoms with Gasteiger partial charge in [0.15, 0.2) is 6.61 Å². The van der Waals surface area contributed by atoms with Gasteiger partial charge in [-0.15, -0.1) is 0 Å². The standard InChI is InChI=1S/C19H21Cl2N3O2/c1-13-6-8-24(9-7-13)18-5-3-15(11-22-18)23-19(25)12-26-17-4-2-14(20)10-16(17)21/h2-5,10-11,13H,6-9,12H2,1H3,(H,23,25). The Bertz CT molecular complexity index is 760. The van der Waals surface area contributed by atoms with Crippen LogP contribution in [0.1, 0.15) is 19.8 Å². The summed E-state index contributed by atoms with van der Waals surface area (Å²) in [6.07, 6.45) is 4.04. The third-order valence-electron chi connectivity index (χ3n) is 4.39. The highest BCUT2D eigenvalue weighted by Crippen LogP contribution is 2.27. The minimum absolute atomic E-state index is 0.146. The van der Waals surface area contributed by atoms with Crippen LogP contribution in [-0.4, -0.2) is 30.6 Å². The number of amides is 1. The van der Waals surface area contributed by atoms with Crippen molar-refractivity contribution in [3.8, 4) is 5.75 Å². The molecule has 1 fully saturated rings. The molecule has 0 atom stereocenters. The smallest absolute Gasteiger partial charge is 0.262 e. The van der Waals surface area contributed by atoms with Crippen LogP contribution in [0, 0.1) is 5.92 Å². The van der Waals surface area contributed by atoms with Crippen LogP contribution >= 0.6 is 23.2 Å². The predicted octanol–water partition coefficient (Wildman–Crippen LogP) is 4.64. The third kappa shape index (κ3) is 5.02. The lowest BCUT2D eigenvalue weighted by molar-refractivity contribution is -0.118. The molecule has 1 aromatic carbocycles. The molecule has 0 unspecified atom stereocenters. The Labute approximate surface area is 163 Å². The van der Waals surface area contributed by atoms with Crippen LogP contribution in [0.15, 0.2) is 36.5 Å². The SMILES string of the molecule is CC1CCN(c2ccc(NC(=O)COc3ccc(Cl)cc3Cl)cn2)CC1. The minimum Gasteiger partial charge on any atom is -0.482 e. The van der Waals surface area contributed by atoms with Crippen molar-refractivity contribution in [1.29, 1.82) is 0 Å². The molecule has 1 saturated heterocycles. The van der Waals surface area contributed by atoms with Crippen LogP contribution in [-0.2, 0) is 4.79 Å². The zero-order valence-corrected chi connectivity index (χ0v) is 16.1. The van der Waals surface area contributed by atoms with Gasteiger partial charge >= 0.3 is 0 Å². The molecule has 0 radical (unpaired) electrons. The first-order valence-corrected chi connectivity index (χ1v) is 9.35. The van der Waals surface area contributed by atoms with Crippen LogP contribution in [0.2, 0.25) is 10.0 Å². The highest BCUT2D eigenvalue weighted by molar-refractivity contribution is 6.35. The topological polar surface area (TPSA) is 54.5 Å². The third-order valence-corrected chi connectivity index (χ3v) is 4.92.